The smallest absolute Gasteiger partial charge is 0.267 e. The molecule has 2 aliphatic heterocycles. The van der Waals surface area contributed by atoms with Gasteiger partial charge < -0.3 is 10.1 Å². The number of thiocarbonyl (C=S) groups is 1. The van der Waals surface area contributed by atoms with Crippen LogP contribution < -0.4 is 10.9 Å². The Labute approximate surface area is 202 Å². The second kappa shape index (κ2) is 9.56. The van der Waals surface area contributed by atoms with Gasteiger partial charge in [0.1, 0.15) is 15.8 Å². The highest BCUT2D eigenvalue weighted by molar-refractivity contribution is 8.26. The Morgan fingerprint density at radius 1 is 1.24 bits per heavy atom. The number of amides is 1. The molecule has 3 fully saturated rings. The SMILES string of the molecule is Cc1cccn2c(=O)c(/C=C3/SC(=S)N(CC4CCCO4)C3=O)c(NC3CCCCC3)nc12. The monoisotopic (exact) mass is 484 g/mol. The number of nitrogens with one attached hydrogen (secondary N) is 1. The summed E-state index contributed by atoms with van der Waals surface area (Å²) in [5, 5.41) is 3.52. The summed E-state index contributed by atoms with van der Waals surface area (Å²) in [5.41, 5.74) is 1.77. The zero-order chi connectivity index (χ0) is 22.9. The zero-order valence-corrected chi connectivity index (χ0v) is 20.3. The van der Waals surface area contributed by atoms with Crippen molar-refractivity contribution in [2.45, 2.75) is 64.0 Å². The summed E-state index contributed by atoms with van der Waals surface area (Å²) < 4.78 is 7.76. The zero-order valence-electron chi connectivity index (χ0n) is 18.7. The van der Waals surface area contributed by atoms with Crippen LogP contribution in [-0.2, 0) is 9.53 Å². The third kappa shape index (κ3) is 4.58. The first kappa shape index (κ1) is 22.6. The Morgan fingerprint density at radius 2 is 2.06 bits per heavy atom. The fourth-order valence-electron chi connectivity index (χ4n) is 4.77. The van der Waals surface area contributed by atoms with E-state index in [0.29, 0.717) is 32.8 Å². The van der Waals surface area contributed by atoms with Crippen molar-refractivity contribution < 1.29 is 9.53 Å². The van der Waals surface area contributed by atoms with E-state index in [4.69, 9.17) is 21.9 Å². The van der Waals surface area contributed by atoms with Gasteiger partial charge in [-0.2, -0.15) is 0 Å². The molecule has 0 radical (unpaired) electrons. The molecule has 2 saturated heterocycles. The van der Waals surface area contributed by atoms with Gasteiger partial charge in [0.2, 0.25) is 0 Å². The lowest BCUT2D eigenvalue weighted by molar-refractivity contribution is -0.123. The molecule has 2 aromatic heterocycles. The van der Waals surface area contributed by atoms with Gasteiger partial charge in [0, 0.05) is 18.8 Å². The standard InChI is InChI=1S/C24H28N4O3S2/c1-15-7-5-11-27-21(15)26-20(25-16-8-3-2-4-9-16)18(22(27)29)13-19-23(30)28(24(32)33-19)14-17-10-6-12-31-17/h5,7,11,13,16-17,25H,2-4,6,8-10,12,14H2,1H3/b19-13+. The molecule has 1 unspecified atom stereocenters. The number of aromatic nitrogens is 2. The van der Waals surface area contributed by atoms with Gasteiger partial charge in [-0.05, 0) is 50.3 Å². The molecule has 174 valence electrons. The predicted octanol–water partition coefficient (Wildman–Crippen LogP) is 4.13. The van der Waals surface area contributed by atoms with Crippen LogP contribution in [0.25, 0.3) is 11.7 Å². The van der Waals surface area contributed by atoms with Crippen molar-refractivity contribution in [1.29, 1.82) is 0 Å². The first-order valence-electron chi connectivity index (χ1n) is 11.7. The number of fused-ring (bicyclic) bond motifs is 1. The lowest BCUT2D eigenvalue weighted by Crippen LogP contribution is -2.35. The second-order valence-electron chi connectivity index (χ2n) is 8.97. The molecule has 1 saturated carbocycles. The molecule has 33 heavy (non-hydrogen) atoms. The Bertz CT molecular complexity index is 1180. The lowest BCUT2D eigenvalue weighted by Gasteiger charge is -2.24. The van der Waals surface area contributed by atoms with Crippen molar-refractivity contribution in [3.8, 4) is 0 Å². The van der Waals surface area contributed by atoms with Gasteiger partial charge in [0.05, 0.1) is 23.1 Å². The molecule has 1 N–H and O–H groups in total. The Hall–Kier alpha value is -2.23. The first-order valence-corrected chi connectivity index (χ1v) is 12.9. The fraction of sp³-hybridized carbons (Fsp3) is 0.500. The highest BCUT2D eigenvalue weighted by atomic mass is 32.2. The van der Waals surface area contributed by atoms with E-state index < -0.39 is 0 Å². The van der Waals surface area contributed by atoms with E-state index in [1.807, 2.05) is 19.1 Å². The van der Waals surface area contributed by atoms with Crippen molar-refractivity contribution in [2.75, 3.05) is 18.5 Å². The third-order valence-corrected chi connectivity index (χ3v) is 7.97. The molecule has 0 spiro atoms. The molecular formula is C24H28N4O3S2. The summed E-state index contributed by atoms with van der Waals surface area (Å²) >= 11 is 6.73. The number of thioether (sulfide) groups is 1. The molecule has 1 aliphatic carbocycles. The number of hydrogen-bond donors (Lipinski definition) is 1. The van der Waals surface area contributed by atoms with E-state index in [2.05, 4.69) is 5.32 Å². The van der Waals surface area contributed by atoms with Gasteiger partial charge in [-0.25, -0.2) is 4.98 Å². The largest absolute Gasteiger partial charge is 0.376 e. The van der Waals surface area contributed by atoms with E-state index in [1.54, 1.807) is 21.6 Å². The van der Waals surface area contributed by atoms with Crippen LogP contribution in [0.1, 0.15) is 56.1 Å². The number of anilines is 1. The molecule has 5 rings (SSSR count). The average Bonchev–Trinajstić information content (AvgIpc) is 3.42. The number of carbonyl (C=O) groups is 1. The fourth-order valence-corrected chi connectivity index (χ4v) is 6.03. The van der Waals surface area contributed by atoms with Crippen molar-refractivity contribution in [3.63, 3.8) is 0 Å². The predicted molar refractivity (Wildman–Crippen MR) is 136 cm³/mol. The van der Waals surface area contributed by atoms with E-state index in [0.717, 1.165) is 37.9 Å². The van der Waals surface area contributed by atoms with Crippen molar-refractivity contribution in [2.24, 2.45) is 0 Å². The summed E-state index contributed by atoms with van der Waals surface area (Å²) in [4.78, 5) is 33.6. The molecule has 4 heterocycles. The van der Waals surface area contributed by atoms with Gasteiger partial charge in [-0.15, -0.1) is 0 Å². The number of rotatable bonds is 5. The first-order chi connectivity index (χ1) is 16.0. The quantitative estimate of drug-likeness (QED) is 0.505. The van der Waals surface area contributed by atoms with Crippen LogP contribution in [-0.4, -0.2) is 49.8 Å². The Balaban J connectivity index is 1.53. The van der Waals surface area contributed by atoms with Gasteiger partial charge in [-0.1, -0.05) is 49.3 Å². The number of carbonyl (C=O) groups excluding carboxylic acids is 1. The van der Waals surface area contributed by atoms with E-state index >= 15 is 0 Å². The minimum atomic E-state index is -0.189. The normalized spacial score (nSPS) is 23.2. The molecule has 3 aliphatic rings. The summed E-state index contributed by atoms with van der Waals surface area (Å²) in [5.74, 6) is 0.378. The number of nitrogens with zero attached hydrogens (tertiary/aromatic N) is 3. The van der Waals surface area contributed by atoms with E-state index in [-0.39, 0.29) is 23.6 Å². The van der Waals surface area contributed by atoms with Crippen molar-refractivity contribution in [3.05, 3.63) is 44.7 Å². The van der Waals surface area contributed by atoms with Crippen LogP contribution in [0.2, 0.25) is 0 Å². The Morgan fingerprint density at radius 3 is 2.82 bits per heavy atom. The molecule has 2 aromatic rings. The van der Waals surface area contributed by atoms with Gasteiger partial charge in [0.15, 0.2) is 0 Å². The molecule has 0 aromatic carbocycles. The second-order valence-corrected chi connectivity index (χ2v) is 10.6. The van der Waals surface area contributed by atoms with Crippen LogP contribution in [0, 0.1) is 6.92 Å². The van der Waals surface area contributed by atoms with Crippen molar-refractivity contribution >= 4 is 51.7 Å². The van der Waals surface area contributed by atoms with Crippen LogP contribution in [0.5, 0.6) is 0 Å². The maximum Gasteiger partial charge on any atom is 0.267 e. The highest BCUT2D eigenvalue weighted by Crippen LogP contribution is 2.34. The lowest BCUT2D eigenvalue weighted by atomic mass is 9.95. The molecular weight excluding hydrogens is 456 g/mol. The van der Waals surface area contributed by atoms with E-state index in [1.165, 1.54) is 31.0 Å². The Kier molecular flexibility index (Phi) is 6.53. The molecule has 1 atom stereocenters. The highest BCUT2D eigenvalue weighted by Gasteiger charge is 2.35. The number of pyridine rings is 1. The summed E-state index contributed by atoms with van der Waals surface area (Å²) in [7, 11) is 0. The number of aryl methyl sites for hydroxylation is 1. The van der Waals surface area contributed by atoms with E-state index in [9.17, 15) is 9.59 Å². The van der Waals surface area contributed by atoms with Gasteiger partial charge in [0.25, 0.3) is 11.5 Å². The molecule has 7 nitrogen and oxygen atoms in total. The van der Waals surface area contributed by atoms with Crippen molar-refractivity contribution in [1.82, 2.24) is 14.3 Å². The third-order valence-electron chi connectivity index (χ3n) is 6.59. The average molecular weight is 485 g/mol. The molecule has 9 heteroatoms. The minimum Gasteiger partial charge on any atom is -0.376 e. The number of ether oxygens (including phenoxy) is 1. The number of hydrogen-bond acceptors (Lipinski definition) is 7. The summed E-state index contributed by atoms with van der Waals surface area (Å²) in [6.45, 7) is 3.13. The van der Waals surface area contributed by atoms with Crippen LogP contribution >= 0.6 is 24.0 Å². The molecule has 1 amide bonds. The molecule has 0 bridgehead atoms. The topological polar surface area (TPSA) is 75.9 Å². The summed E-state index contributed by atoms with van der Waals surface area (Å²) in [6, 6.07) is 4.06. The maximum atomic E-state index is 13.5. The summed E-state index contributed by atoms with van der Waals surface area (Å²) in [6.07, 6.45) is 11.0. The van der Waals surface area contributed by atoms with Crippen LogP contribution in [0.15, 0.2) is 28.0 Å². The maximum absolute atomic E-state index is 13.5. The minimum absolute atomic E-state index is 0.0197. The van der Waals surface area contributed by atoms with Crippen LogP contribution in [0.4, 0.5) is 5.82 Å². The van der Waals surface area contributed by atoms with Gasteiger partial charge >= 0.3 is 0 Å². The van der Waals surface area contributed by atoms with Crippen LogP contribution in [0.3, 0.4) is 0 Å². The van der Waals surface area contributed by atoms with Gasteiger partial charge in [-0.3, -0.25) is 18.9 Å².